The van der Waals surface area contributed by atoms with Crippen LogP contribution in [0, 0.1) is 17.0 Å². The molecule has 7 heteroatoms. The van der Waals surface area contributed by atoms with Crippen molar-refractivity contribution in [2.75, 3.05) is 27.3 Å². The molecule has 0 N–H and O–H groups in total. The molecule has 1 unspecified atom stereocenters. The molecule has 0 aromatic heterocycles. The number of nitro groups is 1. The summed E-state index contributed by atoms with van der Waals surface area (Å²) < 4.78 is 4.98. The van der Waals surface area contributed by atoms with Gasteiger partial charge < -0.3 is 9.64 Å². The van der Waals surface area contributed by atoms with Crippen LogP contribution in [-0.2, 0) is 4.74 Å². The van der Waals surface area contributed by atoms with Crippen LogP contribution in [0.25, 0.3) is 0 Å². The Labute approximate surface area is 126 Å². The first-order valence-electron chi connectivity index (χ1n) is 6.00. The minimum atomic E-state index is -0.540. The van der Waals surface area contributed by atoms with E-state index in [0.717, 1.165) is 5.56 Å². The van der Waals surface area contributed by atoms with Gasteiger partial charge >= 0.3 is 0 Å². The second-order valence-corrected chi connectivity index (χ2v) is 5.81. The number of hydrogen-bond donors (Lipinski definition) is 0. The van der Waals surface area contributed by atoms with Gasteiger partial charge in [-0.1, -0.05) is 22.0 Å². The highest BCUT2D eigenvalue weighted by Crippen LogP contribution is 2.21. The predicted molar refractivity (Wildman–Crippen MR) is 79.4 cm³/mol. The van der Waals surface area contributed by atoms with E-state index in [0.29, 0.717) is 13.2 Å². The Kier molecular flexibility index (Phi) is 6.09. The standard InChI is InChI=1S/C13H17BrN2O4/c1-9-4-5-12(16(18)19)11(6-9)13(17)15(2)7-10(14)8-20-3/h4-6,10H,7-8H2,1-3H3. The maximum atomic E-state index is 12.3. The number of alkyl halides is 1. The third kappa shape index (κ3) is 4.28. The van der Waals surface area contributed by atoms with Gasteiger partial charge in [0.15, 0.2) is 0 Å². The summed E-state index contributed by atoms with van der Waals surface area (Å²) in [5.74, 6) is -0.374. The van der Waals surface area contributed by atoms with Crippen molar-refractivity contribution in [3.8, 4) is 0 Å². The van der Waals surface area contributed by atoms with Crippen molar-refractivity contribution >= 4 is 27.5 Å². The van der Waals surface area contributed by atoms with Gasteiger partial charge in [0.2, 0.25) is 0 Å². The summed E-state index contributed by atoms with van der Waals surface area (Å²) >= 11 is 3.39. The van der Waals surface area contributed by atoms with Crippen LogP contribution in [0.5, 0.6) is 0 Å². The summed E-state index contributed by atoms with van der Waals surface area (Å²) in [5.41, 5.74) is 0.736. The molecule has 1 aromatic rings. The number of rotatable bonds is 6. The monoisotopic (exact) mass is 344 g/mol. The molecule has 0 aliphatic carbocycles. The van der Waals surface area contributed by atoms with E-state index in [4.69, 9.17) is 4.74 Å². The van der Waals surface area contributed by atoms with Gasteiger partial charge in [-0.05, 0) is 18.6 Å². The lowest BCUT2D eigenvalue weighted by molar-refractivity contribution is -0.385. The first-order valence-corrected chi connectivity index (χ1v) is 6.92. The maximum Gasteiger partial charge on any atom is 0.282 e. The van der Waals surface area contributed by atoms with Crippen LogP contribution in [0.1, 0.15) is 15.9 Å². The van der Waals surface area contributed by atoms with Crippen LogP contribution in [0.15, 0.2) is 18.2 Å². The first kappa shape index (κ1) is 16.6. The number of hydrogen-bond acceptors (Lipinski definition) is 4. The number of carbonyl (C=O) groups excluding carboxylic acids is 1. The second kappa shape index (κ2) is 7.35. The highest BCUT2D eigenvalue weighted by Gasteiger charge is 2.24. The first-order chi connectivity index (χ1) is 9.36. The van der Waals surface area contributed by atoms with Gasteiger partial charge in [-0.2, -0.15) is 0 Å². The topological polar surface area (TPSA) is 72.7 Å². The Balaban J connectivity index is 2.96. The highest BCUT2D eigenvalue weighted by molar-refractivity contribution is 9.09. The number of ether oxygens (including phenoxy) is 1. The average molecular weight is 345 g/mol. The van der Waals surface area contributed by atoms with Gasteiger partial charge in [-0.15, -0.1) is 0 Å². The van der Waals surface area contributed by atoms with Crippen molar-refractivity contribution in [2.24, 2.45) is 0 Å². The molecule has 0 fully saturated rings. The quantitative estimate of drug-likeness (QED) is 0.451. The average Bonchev–Trinajstić information content (AvgIpc) is 2.37. The van der Waals surface area contributed by atoms with Crippen molar-refractivity contribution in [3.05, 3.63) is 39.4 Å². The molecule has 1 aromatic carbocycles. The number of halogens is 1. The number of nitro benzene ring substituents is 1. The molecule has 0 spiro atoms. The molecule has 6 nitrogen and oxygen atoms in total. The number of nitrogens with zero attached hydrogens (tertiary/aromatic N) is 2. The SMILES string of the molecule is COCC(Br)CN(C)C(=O)c1cc(C)ccc1[N+](=O)[O-]. The third-order valence-electron chi connectivity index (χ3n) is 2.75. The van der Waals surface area contributed by atoms with Crippen LogP contribution in [-0.4, -0.2) is 47.9 Å². The zero-order chi connectivity index (χ0) is 15.3. The Hall–Kier alpha value is -1.47. The fraction of sp³-hybridized carbons (Fsp3) is 0.462. The summed E-state index contributed by atoms with van der Waals surface area (Å²) in [6.07, 6.45) is 0. The molecule has 1 rings (SSSR count). The zero-order valence-electron chi connectivity index (χ0n) is 11.6. The molecule has 0 aliphatic heterocycles. The van der Waals surface area contributed by atoms with Gasteiger partial charge in [0.05, 0.1) is 16.4 Å². The number of methoxy groups -OCH3 is 1. The molecule has 0 bridgehead atoms. The Morgan fingerprint density at radius 2 is 2.20 bits per heavy atom. The molecule has 1 amide bonds. The van der Waals surface area contributed by atoms with E-state index < -0.39 is 4.92 Å². The molecular formula is C13H17BrN2O4. The van der Waals surface area contributed by atoms with Gasteiger partial charge in [-0.25, -0.2) is 0 Å². The summed E-state index contributed by atoms with van der Waals surface area (Å²) in [4.78, 5) is 24.2. The van der Waals surface area contributed by atoms with Crippen molar-refractivity contribution in [3.63, 3.8) is 0 Å². The number of benzene rings is 1. The molecule has 0 saturated carbocycles. The van der Waals surface area contributed by atoms with Crippen LogP contribution in [0.2, 0.25) is 0 Å². The summed E-state index contributed by atoms with van der Waals surface area (Å²) in [6.45, 7) is 2.64. The van der Waals surface area contributed by atoms with E-state index in [1.165, 1.54) is 17.0 Å². The second-order valence-electron chi connectivity index (χ2n) is 4.52. The molecular weight excluding hydrogens is 328 g/mol. The molecule has 0 saturated heterocycles. The van der Waals surface area contributed by atoms with Crippen molar-refractivity contribution < 1.29 is 14.5 Å². The molecule has 110 valence electrons. The van der Waals surface area contributed by atoms with Crippen molar-refractivity contribution in [1.82, 2.24) is 4.90 Å². The fourth-order valence-corrected chi connectivity index (χ4v) is 2.50. The van der Waals surface area contributed by atoms with E-state index in [9.17, 15) is 14.9 Å². The van der Waals surface area contributed by atoms with Crippen LogP contribution >= 0.6 is 15.9 Å². The lowest BCUT2D eigenvalue weighted by atomic mass is 10.1. The van der Waals surface area contributed by atoms with E-state index in [-0.39, 0.29) is 22.0 Å². The minimum Gasteiger partial charge on any atom is -0.383 e. The van der Waals surface area contributed by atoms with E-state index in [2.05, 4.69) is 15.9 Å². The lowest BCUT2D eigenvalue weighted by Crippen LogP contribution is -2.34. The van der Waals surface area contributed by atoms with Gasteiger partial charge in [0, 0.05) is 26.8 Å². The third-order valence-corrected chi connectivity index (χ3v) is 3.30. The largest absolute Gasteiger partial charge is 0.383 e. The predicted octanol–water partition coefficient (Wildman–Crippen LogP) is 2.39. The smallest absolute Gasteiger partial charge is 0.282 e. The van der Waals surface area contributed by atoms with E-state index in [1.807, 2.05) is 0 Å². The molecule has 0 radical (unpaired) electrons. The fourth-order valence-electron chi connectivity index (χ4n) is 1.80. The van der Waals surface area contributed by atoms with Crippen molar-refractivity contribution in [1.29, 1.82) is 0 Å². The molecule has 0 heterocycles. The number of amides is 1. The Morgan fingerprint density at radius 1 is 1.55 bits per heavy atom. The molecule has 1 atom stereocenters. The summed E-state index contributed by atoms with van der Waals surface area (Å²) in [7, 11) is 3.18. The van der Waals surface area contributed by atoms with Gasteiger partial charge in [-0.3, -0.25) is 14.9 Å². The number of aryl methyl sites for hydroxylation is 1. The van der Waals surface area contributed by atoms with E-state index >= 15 is 0 Å². The molecule has 20 heavy (non-hydrogen) atoms. The lowest BCUT2D eigenvalue weighted by Gasteiger charge is -2.20. The number of carbonyl (C=O) groups is 1. The van der Waals surface area contributed by atoms with Crippen LogP contribution in [0.4, 0.5) is 5.69 Å². The Morgan fingerprint density at radius 3 is 2.75 bits per heavy atom. The minimum absolute atomic E-state index is 0.0229. The highest BCUT2D eigenvalue weighted by atomic mass is 79.9. The summed E-state index contributed by atoms with van der Waals surface area (Å²) in [6, 6.07) is 4.51. The maximum absolute atomic E-state index is 12.3. The van der Waals surface area contributed by atoms with Gasteiger partial charge in [0.1, 0.15) is 5.56 Å². The zero-order valence-corrected chi connectivity index (χ0v) is 13.2. The molecule has 0 aliphatic rings. The van der Waals surface area contributed by atoms with Crippen LogP contribution in [0.3, 0.4) is 0 Å². The Bertz CT molecular complexity index is 507. The van der Waals surface area contributed by atoms with Crippen LogP contribution < -0.4 is 0 Å². The normalized spacial score (nSPS) is 12.0. The van der Waals surface area contributed by atoms with Gasteiger partial charge in [0.25, 0.3) is 11.6 Å². The van der Waals surface area contributed by atoms with Crippen molar-refractivity contribution in [2.45, 2.75) is 11.8 Å². The van der Waals surface area contributed by atoms with E-state index in [1.54, 1.807) is 27.1 Å². The summed E-state index contributed by atoms with van der Waals surface area (Å²) in [5, 5.41) is 11.0.